The van der Waals surface area contributed by atoms with Gasteiger partial charge in [0.05, 0.1) is 6.04 Å². The molecule has 0 fully saturated rings. The van der Waals surface area contributed by atoms with Crippen molar-refractivity contribution in [1.29, 1.82) is 0 Å². The summed E-state index contributed by atoms with van der Waals surface area (Å²) in [4.78, 5) is 4.50. The third kappa shape index (κ3) is 5.35. The minimum absolute atomic E-state index is 0.0496. The first-order valence-electron chi connectivity index (χ1n) is 9.07. The summed E-state index contributed by atoms with van der Waals surface area (Å²) in [6, 6.07) is 30.9. The van der Waals surface area contributed by atoms with E-state index < -0.39 is 0 Å². The Hall–Kier alpha value is -2.78. The van der Waals surface area contributed by atoms with Crippen LogP contribution in [-0.2, 0) is 6.42 Å². The van der Waals surface area contributed by atoms with E-state index in [9.17, 15) is 0 Å². The van der Waals surface area contributed by atoms with Gasteiger partial charge in [-0.3, -0.25) is 0 Å². The molecule has 0 saturated carbocycles. The normalized spacial score (nSPS) is 18.0. The van der Waals surface area contributed by atoms with Gasteiger partial charge in [0, 0.05) is 5.88 Å². The van der Waals surface area contributed by atoms with Gasteiger partial charge < -0.3 is 11.1 Å². The first-order valence-corrected chi connectivity index (χ1v) is 9.61. The molecule has 2 atom stereocenters. The molecule has 0 aromatic heterocycles. The fourth-order valence-electron chi connectivity index (χ4n) is 3.10. The van der Waals surface area contributed by atoms with Crippen molar-refractivity contribution in [2.75, 3.05) is 5.88 Å². The molecule has 0 radical (unpaired) electrons. The van der Waals surface area contributed by atoms with Gasteiger partial charge in [-0.05, 0) is 23.1 Å². The molecule has 3 N–H and O–H groups in total. The maximum atomic E-state index is 5.83. The van der Waals surface area contributed by atoms with E-state index in [1.165, 1.54) is 16.7 Å². The Morgan fingerprint density at radius 2 is 1.30 bits per heavy atom. The predicted molar refractivity (Wildman–Crippen MR) is 114 cm³/mol. The number of aliphatic imine (C=N–C) groups is 1. The van der Waals surface area contributed by atoms with Crippen molar-refractivity contribution < 1.29 is 0 Å². The van der Waals surface area contributed by atoms with E-state index in [-0.39, 0.29) is 12.1 Å². The molecule has 138 valence electrons. The monoisotopic (exact) mass is 377 g/mol. The molecule has 0 amide bonds. The zero-order chi connectivity index (χ0) is 18.9. The Morgan fingerprint density at radius 3 is 1.85 bits per heavy atom. The fraction of sp³-hybridized carbons (Fsp3) is 0.174. The van der Waals surface area contributed by atoms with Crippen LogP contribution < -0.4 is 11.1 Å². The largest absolute Gasteiger partial charge is 0.370 e. The van der Waals surface area contributed by atoms with Crippen molar-refractivity contribution in [3.05, 3.63) is 108 Å². The van der Waals surface area contributed by atoms with Gasteiger partial charge in [-0.2, -0.15) is 0 Å². The zero-order valence-electron chi connectivity index (χ0n) is 15.1. The molecule has 1 heterocycles. The van der Waals surface area contributed by atoms with Gasteiger partial charge >= 0.3 is 0 Å². The SMILES string of the molecule is ClCCc1ccccc1.NC1=NC(c2ccccc2)C(c2ccccc2)N1. The number of nitrogens with two attached hydrogens (primary N) is 1. The van der Waals surface area contributed by atoms with Crippen molar-refractivity contribution in [3.8, 4) is 0 Å². The summed E-state index contributed by atoms with van der Waals surface area (Å²) in [7, 11) is 0. The summed E-state index contributed by atoms with van der Waals surface area (Å²) in [5.41, 5.74) is 9.53. The highest BCUT2D eigenvalue weighted by Gasteiger charge is 2.29. The molecule has 0 saturated heterocycles. The molecule has 4 rings (SSSR count). The van der Waals surface area contributed by atoms with Gasteiger partial charge in [0.15, 0.2) is 5.96 Å². The standard InChI is InChI=1S/C15H15N3.C8H9Cl/c16-15-17-13(11-7-3-1-4-8-11)14(18-15)12-9-5-2-6-10-12;9-7-6-8-4-2-1-3-5-8/h1-10,13-14H,(H3,16,17,18);1-5H,6-7H2. The van der Waals surface area contributed by atoms with Gasteiger partial charge in [-0.25, -0.2) is 4.99 Å². The van der Waals surface area contributed by atoms with Crippen LogP contribution in [0.1, 0.15) is 28.8 Å². The highest BCUT2D eigenvalue weighted by Crippen LogP contribution is 2.34. The van der Waals surface area contributed by atoms with Crippen LogP contribution in [0.4, 0.5) is 0 Å². The van der Waals surface area contributed by atoms with Gasteiger partial charge in [0.2, 0.25) is 0 Å². The Kier molecular flexibility index (Phi) is 6.89. The van der Waals surface area contributed by atoms with Gasteiger partial charge in [-0.15, -0.1) is 11.6 Å². The highest BCUT2D eigenvalue weighted by molar-refractivity contribution is 6.17. The van der Waals surface area contributed by atoms with Crippen molar-refractivity contribution in [1.82, 2.24) is 5.32 Å². The lowest BCUT2D eigenvalue weighted by atomic mass is 9.95. The van der Waals surface area contributed by atoms with E-state index in [0.29, 0.717) is 11.8 Å². The number of nitrogens with zero attached hydrogens (tertiary/aromatic N) is 1. The van der Waals surface area contributed by atoms with E-state index in [1.54, 1.807) is 0 Å². The molecule has 1 aliphatic rings. The molecule has 3 nitrogen and oxygen atoms in total. The summed E-state index contributed by atoms with van der Waals surface area (Å²) >= 11 is 5.54. The van der Waals surface area contributed by atoms with E-state index in [1.807, 2.05) is 54.6 Å². The lowest BCUT2D eigenvalue weighted by Gasteiger charge is -2.19. The van der Waals surface area contributed by atoms with E-state index in [4.69, 9.17) is 17.3 Å². The predicted octanol–water partition coefficient (Wildman–Crippen LogP) is 4.85. The third-order valence-corrected chi connectivity index (χ3v) is 4.61. The second-order valence-electron chi connectivity index (χ2n) is 6.33. The van der Waals surface area contributed by atoms with Crippen LogP contribution in [0.5, 0.6) is 0 Å². The average molecular weight is 378 g/mol. The van der Waals surface area contributed by atoms with Crippen LogP contribution in [0.3, 0.4) is 0 Å². The molecule has 0 bridgehead atoms. The van der Waals surface area contributed by atoms with Crippen molar-refractivity contribution >= 4 is 17.6 Å². The van der Waals surface area contributed by atoms with Crippen LogP contribution in [0.2, 0.25) is 0 Å². The zero-order valence-corrected chi connectivity index (χ0v) is 15.9. The van der Waals surface area contributed by atoms with Crippen LogP contribution in [0.25, 0.3) is 0 Å². The molecule has 4 heteroatoms. The van der Waals surface area contributed by atoms with Crippen LogP contribution in [0, 0.1) is 0 Å². The summed E-state index contributed by atoms with van der Waals surface area (Å²) < 4.78 is 0. The summed E-state index contributed by atoms with van der Waals surface area (Å²) in [5.74, 6) is 1.22. The number of benzene rings is 3. The second kappa shape index (κ2) is 9.79. The minimum Gasteiger partial charge on any atom is -0.370 e. The van der Waals surface area contributed by atoms with Crippen LogP contribution >= 0.6 is 11.6 Å². The van der Waals surface area contributed by atoms with Crippen molar-refractivity contribution in [3.63, 3.8) is 0 Å². The molecule has 3 aromatic carbocycles. The van der Waals surface area contributed by atoms with E-state index in [2.05, 4.69) is 46.7 Å². The number of nitrogens with one attached hydrogen (secondary N) is 1. The lowest BCUT2D eigenvalue weighted by molar-refractivity contribution is 0.572. The minimum atomic E-state index is 0.0496. The molecule has 2 unspecified atom stereocenters. The number of aryl methyl sites for hydroxylation is 1. The Labute approximate surface area is 165 Å². The third-order valence-electron chi connectivity index (χ3n) is 4.42. The molecular formula is C23H24ClN3. The number of hydrogen-bond acceptors (Lipinski definition) is 3. The quantitative estimate of drug-likeness (QED) is 0.638. The lowest BCUT2D eigenvalue weighted by Crippen LogP contribution is -2.30. The summed E-state index contributed by atoms with van der Waals surface area (Å²) in [6.07, 6.45) is 0.975. The average Bonchev–Trinajstić information content (AvgIpc) is 3.13. The van der Waals surface area contributed by atoms with Gasteiger partial charge in [0.1, 0.15) is 6.04 Å². The van der Waals surface area contributed by atoms with Crippen molar-refractivity contribution in [2.24, 2.45) is 10.7 Å². The first kappa shape index (κ1) is 19.0. The van der Waals surface area contributed by atoms with Gasteiger partial charge in [-0.1, -0.05) is 91.0 Å². The number of halogens is 1. The van der Waals surface area contributed by atoms with Crippen LogP contribution in [0.15, 0.2) is 96.0 Å². The Morgan fingerprint density at radius 1 is 0.778 bits per heavy atom. The van der Waals surface area contributed by atoms with E-state index in [0.717, 1.165) is 6.42 Å². The maximum Gasteiger partial charge on any atom is 0.189 e. The van der Waals surface area contributed by atoms with Crippen molar-refractivity contribution in [2.45, 2.75) is 18.5 Å². The molecular weight excluding hydrogens is 354 g/mol. The topological polar surface area (TPSA) is 50.4 Å². The summed E-state index contributed by atoms with van der Waals surface area (Å²) in [5, 5.41) is 3.25. The molecule has 1 aliphatic heterocycles. The first-order chi connectivity index (χ1) is 13.3. The highest BCUT2D eigenvalue weighted by atomic mass is 35.5. The fourth-order valence-corrected chi connectivity index (χ4v) is 3.32. The molecule has 27 heavy (non-hydrogen) atoms. The number of alkyl halides is 1. The molecule has 3 aromatic rings. The molecule has 0 aliphatic carbocycles. The van der Waals surface area contributed by atoms with Crippen LogP contribution in [-0.4, -0.2) is 11.8 Å². The molecule has 0 spiro atoms. The maximum absolute atomic E-state index is 5.83. The van der Waals surface area contributed by atoms with E-state index >= 15 is 0 Å². The Balaban J connectivity index is 0.000000197. The number of hydrogen-bond donors (Lipinski definition) is 2. The number of guanidine groups is 1. The number of rotatable bonds is 4. The van der Waals surface area contributed by atoms with Gasteiger partial charge in [0.25, 0.3) is 0 Å². The Bertz CT molecular complexity index is 835. The smallest absolute Gasteiger partial charge is 0.189 e. The second-order valence-corrected chi connectivity index (χ2v) is 6.71. The summed E-state index contributed by atoms with van der Waals surface area (Å²) in [6.45, 7) is 0.